The van der Waals surface area contributed by atoms with Crippen LogP contribution >= 0.6 is 27.5 Å². The van der Waals surface area contributed by atoms with Crippen LogP contribution in [0.5, 0.6) is 0 Å². The lowest BCUT2D eigenvalue weighted by Gasteiger charge is -2.35. The molecule has 1 aliphatic carbocycles. The third-order valence-corrected chi connectivity index (χ3v) is 7.91. The highest BCUT2D eigenvalue weighted by Crippen LogP contribution is 2.37. The first-order valence-corrected chi connectivity index (χ1v) is 10.5. The average molecular weight is 435 g/mol. The Kier molecular flexibility index (Phi) is 5.49. The smallest absolute Gasteiger partial charge is 0.207 e. The summed E-state index contributed by atoms with van der Waals surface area (Å²) in [6.07, 6.45) is 8.64. The molecule has 1 unspecified atom stereocenters. The Hall–Kier alpha value is -0.690. The van der Waals surface area contributed by atoms with Gasteiger partial charge in [0.2, 0.25) is 10.0 Å². The van der Waals surface area contributed by atoms with E-state index >= 15 is 0 Å². The molecular weight excluding hydrogens is 417 g/mol. The Labute approximate surface area is 155 Å². The van der Waals surface area contributed by atoms with E-state index in [4.69, 9.17) is 11.6 Å². The summed E-state index contributed by atoms with van der Waals surface area (Å²) in [4.78, 5) is 0.109. The maximum Gasteiger partial charge on any atom is 0.244 e. The van der Waals surface area contributed by atoms with Crippen LogP contribution in [-0.4, -0.2) is 25.8 Å². The summed E-state index contributed by atoms with van der Waals surface area (Å²) in [7, 11) is -3.62. The summed E-state index contributed by atoms with van der Waals surface area (Å²) in [6.45, 7) is 0.899. The fraction of sp³-hybridized carbons (Fsp3) is 0.412. The van der Waals surface area contributed by atoms with Gasteiger partial charge in [-0.3, -0.25) is 0 Å². The predicted octanol–water partition coefficient (Wildman–Crippen LogP) is 4.69. The van der Waals surface area contributed by atoms with Crippen molar-refractivity contribution in [3.63, 3.8) is 0 Å². The normalized spacial score (nSPS) is 23.3. The van der Waals surface area contributed by atoms with Gasteiger partial charge in [-0.05, 0) is 59.3 Å². The fourth-order valence-corrected chi connectivity index (χ4v) is 6.13. The zero-order valence-electron chi connectivity index (χ0n) is 13.0. The fourth-order valence-electron chi connectivity index (χ4n) is 3.31. The second kappa shape index (κ2) is 7.28. The molecule has 0 N–H and O–H groups in total. The van der Waals surface area contributed by atoms with Crippen molar-refractivity contribution in [3.8, 4) is 0 Å². The van der Waals surface area contributed by atoms with Crippen molar-refractivity contribution >= 4 is 37.6 Å². The molecule has 0 saturated carbocycles. The number of nitrogens with zero attached hydrogens (tertiary/aromatic N) is 1. The summed E-state index contributed by atoms with van der Waals surface area (Å²) in [5, 5.41) is 0.861. The number of halogens is 3. The standard InChI is InChI=1S/C17H18BrClFNO2S/c18-15-11-13(20)5-6-17(15)24(22,23)21-9-7-12(8-10-21)14-3-1-2-4-16(14)19/h1,3-6,11-12,14H,2,7-10H2. The molecule has 0 spiro atoms. The van der Waals surface area contributed by atoms with Gasteiger partial charge in [-0.15, -0.1) is 0 Å². The number of allylic oxidation sites excluding steroid dienone is 4. The van der Waals surface area contributed by atoms with Crippen LogP contribution in [0.2, 0.25) is 0 Å². The minimum atomic E-state index is -3.62. The van der Waals surface area contributed by atoms with Crippen LogP contribution in [0.3, 0.4) is 0 Å². The van der Waals surface area contributed by atoms with E-state index in [1.165, 1.54) is 22.5 Å². The lowest BCUT2D eigenvalue weighted by atomic mass is 9.82. The molecule has 7 heteroatoms. The van der Waals surface area contributed by atoms with Gasteiger partial charge in [0.25, 0.3) is 0 Å². The van der Waals surface area contributed by atoms with E-state index in [9.17, 15) is 12.8 Å². The summed E-state index contributed by atoms with van der Waals surface area (Å²) in [5.74, 6) is 0.0845. The Bertz CT molecular complexity index is 786. The molecule has 3 nitrogen and oxygen atoms in total. The van der Waals surface area contributed by atoms with Crippen LogP contribution in [0.25, 0.3) is 0 Å². The van der Waals surface area contributed by atoms with E-state index < -0.39 is 15.8 Å². The average Bonchev–Trinajstić information content (AvgIpc) is 2.55. The second-order valence-corrected chi connectivity index (χ2v) is 9.29. The van der Waals surface area contributed by atoms with Gasteiger partial charge in [0.15, 0.2) is 0 Å². The lowest BCUT2D eigenvalue weighted by Crippen LogP contribution is -2.40. The van der Waals surface area contributed by atoms with Gasteiger partial charge in [-0.25, -0.2) is 12.8 Å². The maximum atomic E-state index is 13.2. The van der Waals surface area contributed by atoms with Crippen molar-refractivity contribution in [2.45, 2.75) is 24.2 Å². The molecule has 3 rings (SSSR count). The molecule has 1 aromatic carbocycles. The second-order valence-electron chi connectivity index (χ2n) is 6.09. The van der Waals surface area contributed by atoms with Gasteiger partial charge in [0.05, 0.1) is 4.90 Å². The molecule has 1 atom stereocenters. The third-order valence-electron chi connectivity index (χ3n) is 4.63. The van der Waals surface area contributed by atoms with E-state index in [-0.39, 0.29) is 15.3 Å². The van der Waals surface area contributed by atoms with Gasteiger partial charge in [-0.1, -0.05) is 29.8 Å². The Morgan fingerprint density at radius 1 is 1.25 bits per heavy atom. The van der Waals surface area contributed by atoms with E-state index in [2.05, 4.69) is 28.1 Å². The summed E-state index contributed by atoms with van der Waals surface area (Å²) >= 11 is 9.46. The molecule has 130 valence electrons. The van der Waals surface area contributed by atoms with Crippen LogP contribution in [0.15, 0.2) is 50.8 Å². The van der Waals surface area contributed by atoms with Crippen LogP contribution in [-0.2, 0) is 10.0 Å². The van der Waals surface area contributed by atoms with Crippen LogP contribution in [0, 0.1) is 17.7 Å². The molecule has 1 aromatic rings. The number of rotatable bonds is 3. The monoisotopic (exact) mass is 433 g/mol. The van der Waals surface area contributed by atoms with Crippen molar-refractivity contribution in [3.05, 3.63) is 51.7 Å². The van der Waals surface area contributed by atoms with E-state index in [0.717, 1.165) is 24.3 Å². The van der Waals surface area contributed by atoms with Gasteiger partial charge >= 0.3 is 0 Å². The summed E-state index contributed by atoms with van der Waals surface area (Å²) in [6, 6.07) is 3.66. The molecule has 24 heavy (non-hydrogen) atoms. The first-order valence-electron chi connectivity index (χ1n) is 7.87. The molecule has 1 aliphatic heterocycles. The number of hydrogen-bond donors (Lipinski definition) is 0. The number of piperidine rings is 1. The number of benzene rings is 1. The molecule has 2 aliphatic rings. The lowest BCUT2D eigenvalue weighted by molar-refractivity contribution is 0.248. The van der Waals surface area contributed by atoms with Gasteiger partial charge in [0, 0.05) is 28.5 Å². The zero-order valence-corrected chi connectivity index (χ0v) is 16.1. The Balaban J connectivity index is 1.73. The van der Waals surface area contributed by atoms with Crippen LogP contribution in [0.4, 0.5) is 4.39 Å². The Morgan fingerprint density at radius 2 is 1.96 bits per heavy atom. The quantitative estimate of drug-likeness (QED) is 0.647. The van der Waals surface area contributed by atoms with Crippen LogP contribution in [0.1, 0.15) is 19.3 Å². The van der Waals surface area contributed by atoms with Crippen molar-refractivity contribution in [2.75, 3.05) is 13.1 Å². The molecule has 1 saturated heterocycles. The van der Waals surface area contributed by atoms with Gasteiger partial charge in [0.1, 0.15) is 5.82 Å². The number of sulfonamides is 1. The zero-order chi connectivity index (χ0) is 17.3. The predicted molar refractivity (Wildman–Crippen MR) is 96.8 cm³/mol. The SMILES string of the molecule is O=S(=O)(c1ccc(F)cc1Br)N1CCC(C2C=CCC=C2Cl)CC1. The largest absolute Gasteiger partial charge is 0.244 e. The van der Waals surface area contributed by atoms with Crippen molar-refractivity contribution < 1.29 is 12.8 Å². The molecule has 0 amide bonds. The molecule has 0 aromatic heterocycles. The highest BCUT2D eigenvalue weighted by molar-refractivity contribution is 9.10. The summed E-state index contributed by atoms with van der Waals surface area (Å²) < 4.78 is 40.5. The van der Waals surface area contributed by atoms with E-state index in [1.807, 2.05) is 6.08 Å². The molecule has 0 bridgehead atoms. The highest BCUT2D eigenvalue weighted by atomic mass is 79.9. The minimum absolute atomic E-state index is 0.109. The van der Waals surface area contributed by atoms with E-state index in [0.29, 0.717) is 19.0 Å². The van der Waals surface area contributed by atoms with Gasteiger partial charge < -0.3 is 0 Å². The Morgan fingerprint density at radius 3 is 2.58 bits per heavy atom. The maximum absolute atomic E-state index is 13.2. The summed E-state index contributed by atoms with van der Waals surface area (Å²) in [5.41, 5.74) is 0. The minimum Gasteiger partial charge on any atom is -0.207 e. The van der Waals surface area contributed by atoms with Crippen LogP contribution < -0.4 is 0 Å². The van der Waals surface area contributed by atoms with Crippen molar-refractivity contribution in [2.24, 2.45) is 11.8 Å². The molecular formula is C17H18BrClFNO2S. The number of hydrogen-bond acceptors (Lipinski definition) is 2. The first kappa shape index (κ1) is 18.1. The van der Waals surface area contributed by atoms with Crippen molar-refractivity contribution in [1.82, 2.24) is 4.31 Å². The van der Waals surface area contributed by atoms with E-state index in [1.54, 1.807) is 0 Å². The topological polar surface area (TPSA) is 37.4 Å². The molecule has 0 radical (unpaired) electrons. The molecule has 1 heterocycles. The molecule has 1 fully saturated rings. The van der Waals surface area contributed by atoms with Gasteiger partial charge in [-0.2, -0.15) is 4.31 Å². The highest BCUT2D eigenvalue weighted by Gasteiger charge is 2.34. The third kappa shape index (κ3) is 3.62. The first-order chi connectivity index (χ1) is 11.4. The van der Waals surface area contributed by atoms with Crippen molar-refractivity contribution in [1.29, 1.82) is 0 Å².